The Morgan fingerprint density at radius 3 is 2.36 bits per heavy atom. The van der Waals surface area contributed by atoms with Crippen LogP contribution >= 0.6 is 23.0 Å². The van der Waals surface area contributed by atoms with Crippen LogP contribution in [-0.2, 0) is 12.8 Å². The van der Waals surface area contributed by atoms with Gasteiger partial charge in [0.05, 0.1) is 7.11 Å². The van der Waals surface area contributed by atoms with Crippen molar-refractivity contribution in [3.8, 4) is 22.6 Å². The van der Waals surface area contributed by atoms with Gasteiger partial charge in [0.1, 0.15) is 11.5 Å². The Morgan fingerprint density at radius 1 is 1.00 bits per heavy atom. The van der Waals surface area contributed by atoms with Crippen LogP contribution in [0.1, 0.15) is 11.1 Å². The summed E-state index contributed by atoms with van der Waals surface area (Å²) in [5.74, 6) is 1.68. The van der Waals surface area contributed by atoms with Gasteiger partial charge in [-0.2, -0.15) is 0 Å². The maximum absolute atomic E-state index is 5.52. The Kier molecular flexibility index (Phi) is 6.07. The van der Waals surface area contributed by atoms with Crippen LogP contribution in [0.3, 0.4) is 0 Å². The lowest BCUT2D eigenvalue weighted by Gasteiger charge is -2.13. The Bertz CT molecular complexity index is 677. The smallest absolute Gasteiger partial charge is 0.192 e. The van der Waals surface area contributed by atoms with E-state index in [4.69, 9.17) is 7.80 Å². The molecule has 0 atom stereocenters. The van der Waals surface area contributed by atoms with Crippen molar-refractivity contribution < 1.29 is 7.80 Å². The third kappa shape index (κ3) is 3.91. The summed E-state index contributed by atoms with van der Waals surface area (Å²) < 4.78 is 10.9. The Labute approximate surface area is 146 Å². The van der Waals surface area contributed by atoms with Crippen molar-refractivity contribution in [1.29, 1.82) is 0 Å². The van der Waals surface area contributed by atoms with Crippen molar-refractivity contribution in [2.24, 2.45) is 0 Å². The molecular formula is C19H19IO2. The maximum Gasteiger partial charge on any atom is 0.192 e. The highest BCUT2D eigenvalue weighted by molar-refractivity contribution is 14.1. The van der Waals surface area contributed by atoms with Crippen LogP contribution in [0.15, 0.2) is 61.7 Å². The molecule has 0 bridgehead atoms. The summed E-state index contributed by atoms with van der Waals surface area (Å²) in [6, 6.07) is 12.4. The van der Waals surface area contributed by atoms with E-state index >= 15 is 0 Å². The lowest BCUT2D eigenvalue weighted by atomic mass is 9.97. The van der Waals surface area contributed by atoms with E-state index in [0.717, 1.165) is 41.0 Å². The number of hydrogen-bond donors (Lipinski definition) is 0. The average Bonchev–Trinajstić information content (AvgIpc) is 2.55. The second-order valence-corrected chi connectivity index (χ2v) is 5.40. The third-order valence-electron chi connectivity index (χ3n) is 3.39. The second kappa shape index (κ2) is 8.03. The van der Waals surface area contributed by atoms with E-state index in [9.17, 15) is 0 Å². The van der Waals surface area contributed by atoms with E-state index in [2.05, 4.69) is 31.4 Å². The highest BCUT2D eigenvalue weighted by atomic mass is 127. The fourth-order valence-corrected chi connectivity index (χ4v) is 2.67. The molecule has 0 saturated carbocycles. The molecule has 0 heterocycles. The summed E-state index contributed by atoms with van der Waals surface area (Å²) in [7, 11) is 1.69. The SMILES string of the molecule is C=CCc1cc(OI)cc(-c2cc(CC=C)ccc2OC)c1. The van der Waals surface area contributed by atoms with Gasteiger partial charge in [-0.3, -0.25) is 0 Å². The Hall–Kier alpha value is -1.75. The monoisotopic (exact) mass is 406 g/mol. The zero-order valence-corrected chi connectivity index (χ0v) is 14.8. The van der Waals surface area contributed by atoms with Gasteiger partial charge in [0.15, 0.2) is 23.0 Å². The topological polar surface area (TPSA) is 18.5 Å². The molecule has 0 unspecified atom stereocenters. The number of benzene rings is 2. The summed E-state index contributed by atoms with van der Waals surface area (Å²) in [6.45, 7) is 7.61. The maximum atomic E-state index is 5.52. The van der Waals surface area contributed by atoms with Gasteiger partial charge in [-0.05, 0) is 53.8 Å². The normalized spacial score (nSPS) is 10.1. The predicted molar refractivity (Wildman–Crippen MR) is 101 cm³/mol. The van der Waals surface area contributed by atoms with Crippen LogP contribution in [0.5, 0.6) is 11.5 Å². The molecule has 0 N–H and O–H groups in total. The summed E-state index contributed by atoms with van der Waals surface area (Å²) in [5, 5.41) is 0. The fourth-order valence-electron chi connectivity index (χ4n) is 2.42. The van der Waals surface area contributed by atoms with E-state index in [1.807, 2.05) is 53.4 Å². The molecule has 2 nitrogen and oxygen atoms in total. The number of allylic oxidation sites excluding steroid dienone is 2. The minimum atomic E-state index is 0.801. The molecule has 0 aliphatic heterocycles. The van der Waals surface area contributed by atoms with Crippen molar-refractivity contribution in [2.75, 3.05) is 7.11 Å². The quantitative estimate of drug-likeness (QED) is 0.444. The second-order valence-electron chi connectivity index (χ2n) is 4.96. The summed E-state index contributed by atoms with van der Waals surface area (Å²) >= 11 is 1.90. The first-order chi connectivity index (χ1) is 10.7. The predicted octanol–water partition coefficient (Wildman–Crippen LogP) is 5.55. The number of hydrogen-bond acceptors (Lipinski definition) is 2. The lowest BCUT2D eigenvalue weighted by molar-refractivity contribution is 0.416. The lowest BCUT2D eigenvalue weighted by Crippen LogP contribution is -1.92. The van der Waals surface area contributed by atoms with Crippen molar-refractivity contribution in [2.45, 2.75) is 12.8 Å². The van der Waals surface area contributed by atoms with Gasteiger partial charge in [0.2, 0.25) is 0 Å². The van der Waals surface area contributed by atoms with E-state index in [1.165, 1.54) is 5.56 Å². The molecule has 0 aromatic heterocycles. The van der Waals surface area contributed by atoms with Gasteiger partial charge in [0.25, 0.3) is 0 Å². The molecule has 3 heteroatoms. The van der Waals surface area contributed by atoms with Gasteiger partial charge in [-0.1, -0.05) is 24.3 Å². The highest BCUT2D eigenvalue weighted by Crippen LogP contribution is 2.34. The molecule has 0 aliphatic rings. The number of rotatable bonds is 7. The van der Waals surface area contributed by atoms with Crippen LogP contribution in [-0.4, -0.2) is 7.11 Å². The number of ether oxygens (including phenoxy) is 1. The standard InChI is InChI=1S/C19H19IO2/c1-4-6-14-8-9-19(21-3)18(12-14)16-10-15(7-5-2)11-17(13-16)22-20/h4-5,8-13H,1-2,6-7H2,3H3. The van der Waals surface area contributed by atoms with Crippen molar-refractivity contribution in [3.05, 3.63) is 72.8 Å². The first-order valence-corrected chi connectivity index (χ1v) is 7.91. The Morgan fingerprint density at radius 2 is 1.73 bits per heavy atom. The molecule has 0 amide bonds. The third-order valence-corrected chi connectivity index (χ3v) is 3.90. The van der Waals surface area contributed by atoms with Crippen LogP contribution in [0.25, 0.3) is 11.1 Å². The average molecular weight is 406 g/mol. The minimum absolute atomic E-state index is 0.801. The van der Waals surface area contributed by atoms with Gasteiger partial charge in [0, 0.05) is 5.56 Å². The summed E-state index contributed by atoms with van der Waals surface area (Å²) in [5.41, 5.74) is 4.50. The first-order valence-electron chi connectivity index (χ1n) is 7.03. The molecule has 22 heavy (non-hydrogen) atoms. The van der Waals surface area contributed by atoms with E-state index in [1.54, 1.807) is 7.11 Å². The zero-order valence-electron chi connectivity index (χ0n) is 12.6. The largest absolute Gasteiger partial charge is 0.496 e. The highest BCUT2D eigenvalue weighted by Gasteiger charge is 2.10. The van der Waals surface area contributed by atoms with Crippen LogP contribution < -0.4 is 7.80 Å². The van der Waals surface area contributed by atoms with Crippen LogP contribution in [0.4, 0.5) is 0 Å². The summed E-state index contributed by atoms with van der Waals surface area (Å²) in [4.78, 5) is 0. The molecule has 114 valence electrons. The van der Waals surface area contributed by atoms with Gasteiger partial charge < -0.3 is 7.80 Å². The number of methoxy groups -OCH3 is 1. The van der Waals surface area contributed by atoms with Crippen LogP contribution in [0.2, 0.25) is 0 Å². The molecule has 2 rings (SSSR count). The van der Waals surface area contributed by atoms with Crippen molar-refractivity contribution in [1.82, 2.24) is 0 Å². The van der Waals surface area contributed by atoms with Crippen LogP contribution in [0, 0.1) is 0 Å². The first kappa shape index (κ1) is 16.6. The van der Waals surface area contributed by atoms with E-state index < -0.39 is 0 Å². The van der Waals surface area contributed by atoms with Gasteiger partial charge >= 0.3 is 0 Å². The molecule has 2 aromatic rings. The molecular weight excluding hydrogens is 387 g/mol. The van der Waals surface area contributed by atoms with Crippen molar-refractivity contribution >= 4 is 23.0 Å². The fraction of sp³-hybridized carbons (Fsp3) is 0.158. The minimum Gasteiger partial charge on any atom is -0.496 e. The summed E-state index contributed by atoms with van der Waals surface area (Å²) in [6.07, 6.45) is 5.43. The number of halogens is 1. The zero-order chi connectivity index (χ0) is 15.9. The molecule has 0 saturated heterocycles. The molecule has 2 aromatic carbocycles. The van der Waals surface area contributed by atoms with Crippen molar-refractivity contribution in [3.63, 3.8) is 0 Å². The van der Waals surface area contributed by atoms with Gasteiger partial charge in [-0.25, -0.2) is 0 Å². The Balaban J connectivity index is 2.57. The molecule has 0 spiro atoms. The van der Waals surface area contributed by atoms with E-state index in [-0.39, 0.29) is 0 Å². The van der Waals surface area contributed by atoms with Gasteiger partial charge in [-0.15, -0.1) is 13.2 Å². The molecule has 0 radical (unpaired) electrons. The molecule has 0 aliphatic carbocycles. The molecule has 0 fully saturated rings. The van der Waals surface area contributed by atoms with E-state index in [0.29, 0.717) is 0 Å².